The van der Waals surface area contributed by atoms with E-state index in [1.54, 1.807) is 0 Å². The van der Waals surface area contributed by atoms with Crippen LogP contribution in [0.25, 0.3) is 38.6 Å². The third-order valence-electron chi connectivity index (χ3n) is 19.1. The molecule has 0 fully saturated rings. The van der Waals surface area contributed by atoms with Gasteiger partial charge in [0.05, 0.1) is 11.0 Å². The van der Waals surface area contributed by atoms with Gasteiger partial charge in [0.1, 0.15) is 8.80 Å². The molecule has 1 atom stereocenters. The van der Waals surface area contributed by atoms with Crippen molar-refractivity contribution < 1.29 is 0 Å². The highest BCUT2D eigenvalue weighted by Gasteiger charge is 2.45. The molecule has 0 saturated heterocycles. The Labute approximate surface area is 528 Å². The minimum atomic E-state index is -2.94. The topological polar surface area (TPSA) is 8.17 Å². The van der Waals surface area contributed by atoms with Crippen LogP contribution < -0.4 is 41.2 Å². The zero-order valence-electron chi connectivity index (χ0n) is 51.3. The molecule has 430 valence electrons. The van der Waals surface area contributed by atoms with Gasteiger partial charge >= 0.3 is 0 Å². The molecule has 0 aliphatic rings. The van der Waals surface area contributed by atoms with Gasteiger partial charge in [-0.15, -0.1) is 0 Å². The van der Waals surface area contributed by atoms with E-state index >= 15 is 0 Å². The van der Waals surface area contributed by atoms with Crippen molar-refractivity contribution in [3.05, 3.63) is 368 Å². The molecular formula is C85H72N2Si2. The molecule has 13 aromatic carbocycles. The van der Waals surface area contributed by atoms with Crippen LogP contribution in [-0.2, 0) is 10.8 Å². The van der Waals surface area contributed by atoms with E-state index in [1.165, 1.54) is 86.0 Å². The van der Waals surface area contributed by atoms with E-state index in [1.807, 2.05) is 0 Å². The van der Waals surface area contributed by atoms with Crippen LogP contribution in [0.2, 0.25) is 0 Å². The summed E-state index contributed by atoms with van der Waals surface area (Å²) in [6, 6.07) is 128. The monoisotopic (exact) mass is 1180 g/mol. The zero-order valence-corrected chi connectivity index (χ0v) is 53.5. The van der Waals surface area contributed by atoms with E-state index in [2.05, 4.69) is 384 Å². The minimum absolute atomic E-state index is 0.181. The van der Waals surface area contributed by atoms with Crippen LogP contribution in [0.5, 0.6) is 0 Å². The Kier molecular flexibility index (Phi) is 15.2. The maximum atomic E-state index is 2.49. The lowest BCUT2D eigenvalue weighted by Crippen LogP contribution is -2.79. The zero-order chi connectivity index (χ0) is 60.5. The molecule has 14 aromatic rings. The van der Waals surface area contributed by atoms with Crippen molar-refractivity contribution in [2.24, 2.45) is 0 Å². The smallest absolute Gasteiger partial charge is 0.179 e. The Bertz CT molecular complexity index is 4600. The van der Waals surface area contributed by atoms with Crippen LogP contribution in [0.15, 0.2) is 340 Å². The highest BCUT2D eigenvalue weighted by molar-refractivity contribution is 7.22. The quantitative estimate of drug-likeness (QED) is 0.0691. The molecule has 0 spiro atoms. The second-order valence-electron chi connectivity index (χ2n) is 24.9. The molecule has 4 heteroatoms. The summed E-state index contributed by atoms with van der Waals surface area (Å²) in [4.78, 5) is 2.44. The fourth-order valence-electron chi connectivity index (χ4n) is 14.2. The Morgan fingerprint density at radius 3 is 1.26 bits per heavy atom. The van der Waals surface area contributed by atoms with Crippen LogP contribution in [-0.4, -0.2) is 21.4 Å². The summed E-state index contributed by atoms with van der Waals surface area (Å²) in [5.41, 5.74) is 15.2. The van der Waals surface area contributed by atoms with Gasteiger partial charge in [-0.05, 0) is 128 Å². The molecular weight excluding hydrogens is 1110 g/mol. The van der Waals surface area contributed by atoms with E-state index < -0.39 is 16.9 Å². The standard InChI is InChI=1S/C85H72N2Si2/c1-62-28-24-26-42-82(62)89(75-37-20-10-21-38-75,76-39-22-11-23-40-76)83-43-27-25-41-81(83)88(73-35-18-9-19-36-73)74-56-53-71(54-57-74)87-79-58-44-64(63-29-12-6-13-30-63)60-77(79)78-61-72(55-59-80(78)87)86(69-49-45-67(46-50-69)84(2,3)65-31-14-7-15-32-65)70-51-47-68(48-52-70)85(4,5)66-33-16-8-17-34-66/h6-61,88H,1-5H3. The number of benzene rings is 13. The molecule has 1 aromatic heterocycles. The summed E-state index contributed by atoms with van der Waals surface area (Å²) in [7, 11) is -5.13. The summed E-state index contributed by atoms with van der Waals surface area (Å²) in [5.74, 6) is 0. The van der Waals surface area contributed by atoms with E-state index in [4.69, 9.17) is 0 Å². The first-order valence-corrected chi connectivity index (χ1v) is 35.0. The van der Waals surface area contributed by atoms with Gasteiger partial charge < -0.3 is 9.47 Å². The Morgan fingerprint density at radius 1 is 0.326 bits per heavy atom. The van der Waals surface area contributed by atoms with Gasteiger partial charge in [0.25, 0.3) is 0 Å². The second kappa shape index (κ2) is 23.9. The normalized spacial score (nSPS) is 12.3. The van der Waals surface area contributed by atoms with Crippen molar-refractivity contribution in [2.45, 2.75) is 45.4 Å². The number of anilines is 3. The number of aryl methyl sites for hydroxylation is 1. The van der Waals surface area contributed by atoms with E-state index in [9.17, 15) is 0 Å². The molecule has 0 N–H and O–H groups in total. The number of fused-ring (bicyclic) bond motifs is 3. The minimum Gasteiger partial charge on any atom is -0.310 e. The molecule has 1 heterocycles. The number of hydrogen-bond acceptors (Lipinski definition) is 1. The van der Waals surface area contributed by atoms with Crippen LogP contribution >= 0.6 is 0 Å². The van der Waals surface area contributed by atoms with Gasteiger partial charge in [0.2, 0.25) is 0 Å². The lowest BCUT2D eigenvalue weighted by molar-refractivity contribution is 0.641. The summed E-state index contributed by atoms with van der Waals surface area (Å²) < 4.78 is 2.49. The van der Waals surface area contributed by atoms with Crippen LogP contribution in [0.3, 0.4) is 0 Å². The highest BCUT2D eigenvalue weighted by atomic mass is 28.3. The van der Waals surface area contributed by atoms with Crippen molar-refractivity contribution in [2.75, 3.05) is 4.90 Å². The highest BCUT2D eigenvalue weighted by Crippen LogP contribution is 2.43. The van der Waals surface area contributed by atoms with Gasteiger partial charge in [0, 0.05) is 44.4 Å². The van der Waals surface area contributed by atoms with Crippen molar-refractivity contribution in [3.8, 4) is 16.8 Å². The van der Waals surface area contributed by atoms with Crippen LogP contribution in [0.4, 0.5) is 17.1 Å². The number of nitrogens with zero attached hydrogens (tertiary/aromatic N) is 2. The average Bonchev–Trinajstić information content (AvgIpc) is 1.26. The Hall–Kier alpha value is -10.1. The van der Waals surface area contributed by atoms with E-state index in [-0.39, 0.29) is 10.8 Å². The summed E-state index contributed by atoms with van der Waals surface area (Å²) >= 11 is 0. The predicted molar refractivity (Wildman–Crippen MR) is 385 cm³/mol. The summed E-state index contributed by atoms with van der Waals surface area (Å²) in [5, 5.41) is 12.3. The molecule has 0 aliphatic heterocycles. The predicted octanol–water partition coefficient (Wildman–Crippen LogP) is 16.5. The fourth-order valence-corrected chi connectivity index (χ4v) is 23.4. The van der Waals surface area contributed by atoms with Gasteiger partial charge in [-0.25, -0.2) is 0 Å². The van der Waals surface area contributed by atoms with Gasteiger partial charge in [0.15, 0.2) is 8.07 Å². The maximum absolute atomic E-state index is 2.94. The lowest BCUT2D eigenvalue weighted by Gasteiger charge is -2.38. The van der Waals surface area contributed by atoms with Gasteiger partial charge in [-0.1, -0.05) is 322 Å². The van der Waals surface area contributed by atoms with Gasteiger partial charge in [-0.3, -0.25) is 0 Å². The number of aromatic nitrogens is 1. The Morgan fingerprint density at radius 2 is 0.730 bits per heavy atom. The first-order valence-electron chi connectivity index (χ1n) is 31.3. The fraction of sp³-hybridized carbons (Fsp3) is 0.0824. The first-order chi connectivity index (χ1) is 43.6. The molecule has 2 nitrogen and oxygen atoms in total. The molecule has 0 saturated carbocycles. The average molecular weight is 1180 g/mol. The molecule has 89 heavy (non-hydrogen) atoms. The summed E-state index contributed by atoms with van der Waals surface area (Å²) in [6.07, 6.45) is 0. The Balaban J connectivity index is 0.930. The third kappa shape index (κ3) is 10.4. The van der Waals surface area contributed by atoms with Crippen molar-refractivity contribution >= 4 is 92.0 Å². The SMILES string of the molecule is Cc1ccccc1[Si](c1ccccc1)(c1ccccc1)c1ccccc1[SiH](c1ccccc1)c1ccc(-n2c3ccc(-c4ccccc4)cc3c3cc(N(c4ccc(C(C)(C)c5ccccc5)cc4)c4ccc(C(C)(C)c5ccccc5)cc4)ccc32)cc1. The molecule has 0 amide bonds. The number of hydrogen-bond donors (Lipinski definition) is 0. The van der Waals surface area contributed by atoms with E-state index in [0.29, 0.717) is 0 Å². The van der Waals surface area contributed by atoms with Gasteiger partial charge in [-0.2, -0.15) is 0 Å². The molecule has 14 rings (SSSR count). The largest absolute Gasteiger partial charge is 0.310 e. The van der Waals surface area contributed by atoms with Crippen molar-refractivity contribution in [1.82, 2.24) is 4.57 Å². The number of rotatable bonds is 16. The van der Waals surface area contributed by atoms with Crippen LogP contribution in [0, 0.1) is 6.92 Å². The maximum Gasteiger partial charge on any atom is 0.179 e. The first kappa shape index (κ1) is 56.7. The van der Waals surface area contributed by atoms with Crippen molar-refractivity contribution in [1.29, 1.82) is 0 Å². The summed E-state index contributed by atoms with van der Waals surface area (Å²) in [6.45, 7) is 11.6. The molecule has 1 unspecified atom stereocenters. The molecule has 0 bridgehead atoms. The molecule has 0 radical (unpaired) electrons. The van der Waals surface area contributed by atoms with Crippen molar-refractivity contribution in [3.63, 3.8) is 0 Å². The second-order valence-corrected chi connectivity index (χ2v) is 31.4. The van der Waals surface area contributed by atoms with Crippen LogP contribution in [0.1, 0.15) is 55.5 Å². The third-order valence-corrected chi connectivity index (χ3v) is 27.6. The molecule has 0 aliphatic carbocycles. The van der Waals surface area contributed by atoms with E-state index in [0.717, 1.165) is 33.8 Å². The lowest BCUT2D eigenvalue weighted by atomic mass is 9.78.